The molecule has 0 spiro atoms. The molecule has 26 heavy (non-hydrogen) atoms. The number of nitrogen functional groups attached to an aromatic ring is 1. The number of amides is 1. The van der Waals surface area contributed by atoms with Gasteiger partial charge in [0.05, 0.1) is 11.3 Å². The monoisotopic (exact) mass is 355 g/mol. The Morgan fingerprint density at radius 3 is 2.85 bits per heavy atom. The van der Waals surface area contributed by atoms with Gasteiger partial charge in [-0.25, -0.2) is 9.37 Å². The van der Waals surface area contributed by atoms with E-state index in [-0.39, 0.29) is 29.4 Å². The number of nitrogens with one attached hydrogen (secondary N) is 1. The van der Waals surface area contributed by atoms with Gasteiger partial charge in [-0.05, 0) is 37.6 Å². The van der Waals surface area contributed by atoms with E-state index in [9.17, 15) is 9.18 Å². The Kier molecular flexibility index (Phi) is 6.98. The minimum Gasteiger partial charge on any atom is -0.478 e. The Hall–Kier alpha value is -3.07. The Balaban J connectivity index is 2.05. The summed E-state index contributed by atoms with van der Waals surface area (Å²) in [5, 5.41) is 2.50. The molecule has 0 fully saturated rings. The lowest BCUT2D eigenvalue weighted by molar-refractivity contribution is 0.102. The number of ether oxygens (including phenoxy) is 1. The van der Waals surface area contributed by atoms with Crippen molar-refractivity contribution in [3.8, 4) is 17.6 Å². The van der Waals surface area contributed by atoms with E-state index in [4.69, 9.17) is 10.5 Å². The number of halogens is 1. The lowest BCUT2D eigenvalue weighted by Gasteiger charge is -2.11. The van der Waals surface area contributed by atoms with Crippen LogP contribution in [0.25, 0.3) is 0 Å². The second-order valence-electron chi connectivity index (χ2n) is 5.70. The number of rotatable bonds is 6. The van der Waals surface area contributed by atoms with Crippen LogP contribution in [0, 0.1) is 24.6 Å². The molecule has 3 N–H and O–H groups in total. The smallest absolute Gasteiger partial charge is 0.259 e. The summed E-state index contributed by atoms with van der Waals surface area (Å²) in [5.41, 5.74) is 6.64. The lowest BCUT2D eigenvalue weighted by Crippen LogP contribution is -2.16. The van der Waals surface area contributed by atoms with Gasteiger partial charge in [-0.2, -0.15) is 0 Å². The molecule has 0 aliphatic carbocycles. The maximum absolute atomic E-state index is 14.5. The summed E-state index contributed by atoms with van der Waals surface area (Å²) in [6.45, 7) is 3.95. The van der Waals surface area contributed by atoms with Crippen molar-refractivity contribution in [2.75, 3.05) is 17.7 Å². The number of pyridine rings is 1. The predicted molar refractivity (Wildman–Crippen MR) is 101 cm³/mol. The molecule has 1 aromatic heterocycles. The lowest BCUT2D eigenvalue weighted by atomic mass is 10.2. The second kappa shape index (κ2) is 9.42. The standard InChI is InChI=1S/C20H22FN3O2/c1-3-4-5-6-7-13-26-17-10-8-9-16(18(17)21)24-20(25)15-12-11-14(2)23-19(15)22/h8-12H,3-5,13H2,1-2H3,(H2,22,23)(H,24,25). The number of benzene rings is 1. The van der Waals surface area contributed by atoms with E-state index in [1.165, 1.54) is 12.1 Å². The zero-order valence-corrected chi connectivity index (χ0v) is 14.9. The van der Waals surface area contributed by atoms with Crippen LogP contribution in [0.15, 0.2) is 30.3 Å². The zero-order chi connectivity index (χ0) is 18.9. The van der Waals surface area contributed by atoms with Crippen molar-refractivity contribution in [1.29, 1.82) is 0 Å². The quantitative estimate of drug-likeness (QED) is 0.608. The Bertz CT molecular complexity index is 841. The van der Waals surface area contributed by atoms with Gasteiger partial charge in [0, 0.05) is 12.1 Å². The maximum Gasteiger partial charge on any atom is 0.259 e. The summed E-state index contributed by atoms with van der Waals surface area (Å²) in [7, 11) is 0. The third-order valence-corrected chi connectivity index (χ3v) is 3.60. The van der Waals surface area contributed by atoms with Gasteiger partial charge in [0.1, 0.15) is 12.4 Å². The number of nitrogens with zero attached hydrogens (tertiary/aromatic N) is 1. The van der Waals surface area contributed by atoms with Gasteiger partial charge in [0.2, 0.25) is 0 Å². The molecule has 0 unspecified atom stereocenters. The van der Waals surface area contributed by atoms with Crippen LogP contribution in [-0.2, 0) is 0 Å². The molecular formula is C20H22FN3O2. The molecule has 1 aromatic carbocycles. The number of hydrogen-bond donors (Lipinski definition) is 2. The average Bonchev–Trinajstić information content (AvgIpc) is 2.60. The van der Waals surface area contributed by atoms with E-state index in [1.807, 2.05) is 0 Å². The van der Waals surface area contributed by atoms with Crippen molar-refractivity contribution in [1.82, 2.24) is 4.98 Å². The number of carbonyl (C=O) groups excluding carboxylic acids is 1. The summed E-state index contributed by atoms with van der Waals surface area (Å²) >= 11 is 0. The van der Waals surface area contributed by atoms with Crippen LogP contribution in [0.1, 0.15) is 42.2 Å². The van der Waals surface area contributed by atoms with Crippen LogP contribution in [0.2, 0.25) is 0 Å². The van der Waals surface area contributed by atoms with E-state index in [0.29, 0.717) is 5.69 Å². The molecule has 0 aliphatic heterocycles. The van der Waals surface area contributed by atoms with Gasteiger partial charge in [-0.3, -0.25) is 4.79 Å². The third kappa shape index (κ3) is 5.21. The number of nitrogens with two attached hydrogens (primary N) is 1. The third-order valence-electron chi connectivity index (χ3n) is 3.60. The topological polar surface area (TPSA) is 77.2 Å². The molecule has 136 valence electrons. The molecule has 6 heteroatoms. The maximum atomic E-state index is 14.5. The highest BCUT2D eigenvalue weighted by molar-refractivity contribution is 6.07. The van der Waals surface area contributed by atoms with Gasteiger partial charge in [-0.15, -0.1) is 0 Å². The van der Waals surface area contributed by atoms with Crippen LogP contribution in [0.5, 0.6) is 5.75 Å². The summed E-state index contributed by atoms with van der Waals surface area (Å²) in [4.78, 5) is 16.3. The minimum atomic E-state index is -0.658. The van der Waals surface area contributed by atoms with Crippen molar-refractivity contribution in [2.45, 2.75) is 33.1 Å². The van der Waals surface area contributed by atoms with Gasteiger partial charge in [0.15, 0.2) is 11.6 Å². The van der Waals surface area contributed by atoms with Gasteiger partial charge in [-0.1, -0.05) is 31.3 Å². The highest BCUT2D eigenvalue weighted by Gasteiger charge is 2.15. The molecule has 0 saturated carbocycles. The first-order valence-electron chi connectivity index (χ1n) is 8.44. The van der Waals surface area contributed by atoms with Crippen molar-refractivity contribution in [3.63, 3.8) is 0 Å². The second-order valence-corrected chi connectivity index (χ2v) is 5.70. The molecule has 0 saturated heterocycles. The summed E-state index contributed by atoms with van der Waals surface area (Å²) in [6.07, 6.45) is 2.90. The van der Waals surface area contributed by atoms with Crippen molar-refractivity contribution in [3.05, 3.63) is 47.4 Å². The first-order valence-corrected chi connectivity index (χ1v) is 8.44. The first kappa shape index (κ1) is 19.3. The van der Waals surface area contributed by atoms with Crippen molar-refractivity contribution < 1.29 is 13.9 Å². The highest BCUT2D eigenvalue weighted by atomic mass is 19.1. The summed E-state index contributed by atoms with van der Waals surface area (Å²) in [6, 6.07) is 7.75. The van der Waals surface area contributed by atoms with Crippen LogP contribution in [0.3, 0.4) is 0 Å². The molecule has 1 heterocycles. The Morgan fingerprint density at radius 2 is 2.12 bits per heavy atom. The minimum absolute atomic E-state index is 0.00594. The fraction of sp³-hybridized carbons (Fsp3) is 0.300. The first-order chi connectivity index (χ1) is 12.5. The van der Waals surface area contributed by atoms with Crippen LogP contribution < -0.4 is 15.8 Å². The number of hydrogen-bond acceptors (Lipinski definition) is 4. The molecule has 1 amide bonds. The molecule has 2 rings (SSSR count). The number of aromatic nitrogens is 1. The van der Waals surface area contributed by atoms with E-state index < -0.39 is 11.7 Å². The summed E-state index contributed by atoms with van der Waals surface area (Å²) < 4.78 is 19.9. The Morgan fingerprint density at radius 1 is 1.31 bits per heavy atom. The van der Waals surface area contributed by atoms with Crippen LogP contribution in [0.4, 0.5) is 15.9 Å². The molecule has 0 radical (unpaired) electrons. The van der Waals surface area contributed by atoms with E-state index in [2.05, 4.69) is 29.1 Å². The van der Waals surface area contributed by atoms with Crippen LogP contribution >= 0.6 is 0 Å². The van der Waals surface area contributed by atoms with Gasteiger partial charge >= 0.3 is 0 Å². The fourth-order valence-electron chi connectivity index (χ4n) is 2.20. The molecular weight excluding hydrogens is 333 g/mol. The Labute approximate surface area is 152 Å². The van der Waals surface area contributed by atoms with E-state index in [0.717, 1.165) is 19.3 Å². The number of unbranched alkanes of at least 4 members (excludes halogenated alkanes) is 2. The summed E-state index contributed by atoms with van der Waals surface area (Å²) in [5.74, 6) is 4.74. The molecule has 0 bridgehead atoms. The molecule has 5 nitrogen and oxygen atoms in total. The average molecular weight is 355 g/mol. The molecule has 0 aliphatic rings. The number of carbonyl (C=O) groups is 1. The zero-order valence-electron chi connectivity index (χ0n) is 14.9. The highest BCUT2D eigenvalue weighted by Crippen LogP contribution is 2.25. The molecule has 0 atom stereocenters. The normalized spacial score (nSPS) is 9.96. The predicted octanol–water partition coefficient (Wildman–Crippen LogP) is 3.94. The van der Waals surface area contributed by atoms with Crippen LogP contribution in [-0.4, -0.2) is 17.5 Å². The van der Waals surface area contributed by atoms with Crippen molar-refractivity contribution >= 4 is 17.4 Å². The number of anilines is 2. The van der Waals surface area contributed by atoms with E-state index in [1.54, 1.807) is 25.1 Å². The van der Waals surface area contributed by atoms with Gasteiger partial charge in [0.25, 0.3) is 5.91 Å². The largest absolute Gasteiger partial charge is 0.478 e. The van der Waals surface area contributed by atoms with E-state index >= 15 is 0 Å². The fourth-order valence-corrected chi connectivity index (χ4v) is 2.20. The SMILES string of the molecule is CCCCC#CCOc1cccc(NC(=O)c2ccc(C)nc2N)c1F. The van der Waals surface area contributed by atoms with Gasteiger partial charge < -0.3 is 15.8 Å². The molecule has 2 aromatic rings. The van der Waals surface area contributed by atoms with Crippen molar-refractivity contribution in [2.24, 2.45) is 0 Å². The number of aryl methyl sites for hydroxylation is 1.